The molecule has 0 bridgehead atoms. The Morgan fingerprint density at radius 3 is 2.57 bits per heavy atom. The number of primary amides is 1. The van der Waals surface area contributed by atoms with Crippen LogP contribution in [0.1, 0.15) is 17.3 Å². The Morgan fingerprint density at radius 2 is 2.07 bits per heavy atom. The fourth-order valence-corrected chi connectivity index (χ4v) is 1.63. The quantitative estimate of drug-likeness (QED) is 0.842. The molecule has 0 aliphatic heterocycles. The van der Waals surface area contributed by atoms with Crippen molar-refractivity contribution in [2.24, 2.45) is 5.73 Å². The molecular weight excluding hydrogens is 248 g/mol. The summed E-state index contributed by atoms with van der Waals surface area (Å²) in [7, 11) is 0. The normalized spacial score (nSPS) is 9.57. The van der Waals surface area contributed by atoms with Gasteiger partial charge in [-0.2, -0.15) is 0 Å². The number of anilines is 1. The molecule has 0 unspecified atom stereocenters. The lowest BCUT2D eigenvalue weighted by Crippen LogP contribution is -2.17. The highest BCUT2D eigenvalue weighted by Crippen LogP contribution is 2.24. The van der Waals surface area contributed by atoms with Gasteiger partial charge in [-0.05, 0) is 28.1 Å². The van der Waals surface area contributed by atoms with Crippen molar-refractivity contribution in [1.82, 2.24) is 0 Å². The highest BCUT2D eigenvalue weighted by molar-refractivity contribution is 9.10. The standard InChI is InChI=1S/C9H9BrN2O2/c1-5(13)12-7-4-2-3-6(10)8(7)9(11)14/h2-4H,1H3,(H2,11,14)(H,12,13). The van der Waals surface area contributed by atoms with Gasteiger partial charge in [0.15, 0.2) is 0 Å². The van der Waals surface area contributed by atoms with Crippen LogP contribution < -0.4 is 11.1 Å². The lowest BCUT2D eigenvalue weighted by Gasteiger charge is -2.08. The molecule has 0 saturated carbocycles. The zero-order valence-corrected chi connectivity index (χ0v) is 9.09. The summed E-state index contributed by atoms with van der Waals surface area (Å²) in [6.07, 6.45) is 0. The maximum absolute atomic E-state index is 11.1. The number of hydrogen-bond donors (Lipinski definition) is 2. The van der Waals surface area contributed by atoms with Gasteiger partial charge < -0.3 is 11.1 Å². The van der Waals surface area contributed by atoms with Crippen LogP contribution in [-0.2, 0) is 4.79 Å². The molecule has 2 amide bonds. The first kappa shape index (κ1) is 10.7. The fraction of sp³-hybridized carbons (Fsp3) is 0.111. The molecule has 0 atom stereocenters. The maximum Gasteiger partial charge on any atom is 0.251 e. The Balaban J connectivity index is 3.21. The molecule has 0 spiro atoms. The molecule has 0 aliphatic carbocycles. The number of hydrogen-bond acceptors (Lipinski definition) is 2. The average molecular weight is 257 g/mol. The van der Waals surface area contributed by atoms with Gasteiger partial charge in [-0.15, -0.1) is 0 Å². The maximum atomic E-state index is 11.1. The van der Waals surface area contributed by atoms with Gasteiger partial charge in [-0.3, -0.25) is 9.59 Å². The van der Waals surface area contributed by atoms with Crippen molar-refractivity contribution in [3.8, 4) is 0 Å². The van der Waals surface area contributed by atoms with E-state index in [4.69, 9.17) is 5.73 Å². The number of rotatable bonds is 2. The van der Waals surface area contributed by atoms with Gasteiger partial charge in [-0.1, -0.05) is 6.07 Å². The molecule has 5 heteroatoms. The molecular formula is C9H9BrN2O2. The summed E-state index contributed by atoms with van der Waals surface area (Å²) in [6.45, 7) is 1.37. The van der Waals surface area contributed by atoms with Crippen LogP contribution >= 0.6 is 15.9 Å². The zero-order valence-electron chi connectivity index (χ0n) is 7.50. The molecule has 0 fully saturated rings. The minimum absolute atomic E-state index is 0.245. The molecule has 0 aromatic heterocycles. The topological polar surface area (TPSA) is 72.2 Å². The van der Waals surface area contributed by atoms with Crippen LogP contribution in [0.2, 0.25) is 0 Å². The van der Waals surface area contributed by atoms with E-state index in [1.54, 1.807) is 18.2 Å². The van der Waals surface area contributed by atoms with Gasteiger partial charge in [0.2, 0.25) is 5.91 Å². The van der Waals surface area contributed by atoms with Crippen LogP contribution in [0.3, 0.4) is 0 Å². The van der Waals surface area contributed by atoms with E-state index in [1.807, 2.05) is 0 Å². The number of nitrogens with two attached hydrogens (primary N) is 1. The molecule has 74 valence electrons. The number of carbonyl (C=O) groups excluding carboxylic acids is 2. The first-order valence-electron chi connectivity index (χ1n) is 3.88. The highest BCUT2D eigenvalue weighted by atomic mass is 79.9. The Bertz CT molecular complexity index is 390. The first-order valence-corrected chi connectivity index (χ1v) is 4.67. The summed E-state index contributed by atoms with van der Waals surface area (Å²) in [4.78, 5) is 21.9. The summed E-state index contributed by atoms with van der Waals surface area (Å²) in [6, 6.07) is 5.01. The SMILES string of the molecule is CC(=O)Nc1cccc(Br)c1C(N)=O. The van der Waals surface area contributed by atoms with Crippen molar-refractivity contribution in [1.29, 1.82) is 0 Å². The number of amides is 2. The Kier molecular flexibility index (Phi) is 3.24. The van der Waals surface area contributed by atoms with Crippen LogP contribution in [-0.4, -0.2) is 11.8 Å². The third-order valence-corrected chi connectivity index (χ3v) is 2.23. The second-order valence-electron chi connectivity index (χ2n) is 2.71. The van der Waals surface area contributed by atoms with E-state index in [0.717, 1.165) is 0 Å². The van der Waals surface area contributed by atoms with E-state index in [1.165, 1.54) is 6.92 Å². The molecule has 1 aromatic carbocycles. The van der Waals surface area contributed by atoms with Crippen LogP contribution in [0.4, 0.5) is 5.69 Å². The van der Waals surface area contributed by atoms with Gasteiger partial charge in [0, 0.05) is 11.4 Å². The van der Waals surface area contributed by atoms with E-state index >= 15 is 0 Å². The smallest absolute Gasteiger partial charge is 0.251 e. The van der Waals surface area contributed by atoms with Gasteiger partial charge >= 0.3 is 0 Å². The average Bonchev–Trinajstić information content (AvgIpc) is 2.01. The summed E-state index contributed by atoms with van der Waals surface area (Å²) in [5, 5.41) is 2.53. The van der Waals surface area contributed by atoms with Crippen LogP contribution in [0.5, 0.6) is 0 Å². The second-order valence-corrected chi connectivity index (χ2v) is 3.56. The minimum Gasteiger partial charge on any atom is -0.365 e. The molecule has 4 nitrogen and oxygen atoms in total. The molecule has 3 N–H and O–H groups in total. The van der Waals surface area contributed by atoms with E-state index < -0.39 is 5.91 Å². The second kappa shape index (κ2) is 4.23. The van der Waals surface area contributed by atoms with Gasteiger partial charge in [0.1, 0.15) is 0 Å². The van der Waals surface area contributed by atoms with E-state index in [0.29, 0.717) is 10.2 Å². The summed E-state index contributed by atoms with van der Waals surface area (Å²) in [5.74, 6) is -0.827. The largest absolute Gasteiger partial charge is 0.365 e. The summed E-state index contributed by atoms with van der Waals surface area (Å²) >= 11 is 3.19. The van der Waals surface area contributed by atoms with Crippen molar-refractivity contribution in [3.05, 3.63) is 28.2 Å². The van der Waals surface area contributed by atoms with Gasteiger partial charge in [-0.25, -0.2) is 0 Å². The zero-order chi connectivity index (χ0) is 10.7. The van der Waals surface area contributed by atoms with Crippen molar-refractivity contribution < 1.29 is 9.59 Å². The van der Waals surface area contributed by atoms with Gasteiger partial charge in [0.05, 0.1) is 11.3 Å². The number of nitrogens with one attached hydrogen (secondary N) is 1. The van der Waals surface area contributed by atoms with Crippen molar-refractivity contribution in [2.45, 2.75) is 6.92 Å². The lowest BCUT2D eigenvalue weighted by molar-refractivity contribution is -0.114. The Hall–Kier alpha value is -1.36. The molecule has 0 aliphatic rings. The van der Waals surface area contributed by atoms with Crippen LogP contribution in [0.25, 0.3) is 0 Å². The predicted molar refractivity (Wildman–Crippen MR) is 57.0 cm³/mol. The minimum atomic E-state index is -0.582. The molecule has 14 heavy (non-hydrogen) atoms. The van der Waals surface area contributed by atoms with Gasteiger partial charge in [0.25, 0.3) is 5.91 Å². The third kappa shape index (κ3) is 2.32. The highest BCUT2D eigenvalue weighted by Gasteiger charge is 2.12. The Morgan fingerprint density at radius 1 is 1.43 bits per heavy atom. The van der Waals surface area contributed by atoms with Crippen molar-refractivity contribution >= 4 is 33.4 Å². The molecule has 1 aromatic rings. The molecule has 0 radical (unpaired) electrons. The fourth-order valence-electron chi connectivity index (χ4n) is 1.07. The van der Waals surface area contributed by atoms with Crippen LogP contribution in [0.15, 0.2) is 22.7 Å². The number of halogens is 1. The van der Waals surface area contributed by atoms with Crippen molar-refractivity contribution in [2.75, 3.05) is 5.32 Å². The molecule has 0 saturated heterocycles. The Labute approximate surface area is 89.6 Å². The number of carbonyl (C=O) groups is 2. The lowest BCUT2D eigenvalue weighted by atomic mass is 10.1. The number of benzene rings is 1. The molecule has 1 rings (SSSR count). The van der Waals surface area contributed by atoms with E-state index in [-0.39, 0.29) is 11.5 Å². The predicted octanol–water partition coefficient (Wildman–Crippen LogP) is 1.51. The van der Waals surface area contributed by atoms with E-state index in [9.17, 15) is 9.59 Å². The third-order valence-electron chi connectivity index (χ3n) is 1.57. The summed E-state index contributed by atoms with van der Waals surface area (Å²) in [5.41, 5.74) is 5.87. The van der Waals surface area contributed by atoms with E-state index in [2.05, 4.69) is 21.2 Å². The molecule has 0 heterocycles. The van der Waals surface area contributed by atoms with Crippen LogP contribution in [0, 0.1) is 0 Å². The first-order chi connectivity index (χ1) is 6.52. The monoisotopic (exact) mass is 256 g/mol. The van der Waals surface area contributed by atoms with Crippen molar-refractivity contribution in [3.63, 3.8) is 0 Å². The summed E-state index contributed by atoms with van der Waals surface area (Å²) < 4.78 is 0.566.